The zero-order valence-electron chi connectivity index (χ0n) is 21.2. The molecule has 4 aliphatic rings. The Hall–Kier alpha value is -0.340. The van der Waals surface area contributed by atoms with Crippen LogP contribution in [0.3, 0.4) is 0 Å². The van der Waals surface area contributed by atoms with Crippen LogP contribution in [0.5, 0.6) is 0 Å². The van der Waals surface area contributed by atoms with Crippen LogP contribution in [0.25, 0.3) is 0 Å². The summed E-state index contributed by atoms with van der Waals surface area (Å²) in [4.78, 5) is 0. The Balaban J connectivity index is 1.52. The Bertz CT molecular complexity index is 668. The maximum atomic E-state index is 11.3. The first kappa shape index (κ1) is 23.8. The molecule has 178 valence electrons. The van der Waals surface area contributed by atoms with Crippen LogP contribution in [0.15, 0.2) is 11.6 Å². The molecule has 2 nitrogen and oxygen atoms in total. The minimum absolute atomic E-state index is 0.202. The number of fused-ring (bicyclic) bond motifs is 5. The zero-order chi connectivity index (χ0) is 22.6. The lowest BCUT2D eigenvalue weighted by Gasteiger charge is -2.59. The Morgan fingerprint density at radius 1 is 0.968 bits per heavy atom. The van der Waals surface area contributed by atoms with E-state index in [9.17, 15) is 10.2 Å². The molecule has 4 aliphatic carbocycles. The lowest BCUT2D eigenvalue weighted by atomic mass is 9.46. The topological polar surface area (TPSA) is 40.5 Å². The lowest BCUT2D eigenvalue weighted by molar-refractivity contribution is -0.0972. The molecule has 0 amide bonds. The van der Waals surface area contributed by atoms with Crippen LogP contribution in [-0.2, 0) is 0 Å². The molecule has 2 N–H and O–H groups in total. The van der Waals surface area contributed by atoms with Gasteiger partial charge in [0, 0.05) is 0 Å². The van der Waals surface area contributed by atoms with Gasteiger partial charge in [-0.1, -0.05) is 66.0 Å². The summed E-state index contributed by atoms with van der Waals surface area (Å²) in [5.41, 5.74) is 1.97. The van der Waals surface area contributed by atoms with Gasteiger partial charge >= 0.3 is 0 Å². The van der Waals surface area contributed by atoms with E-state index in [1.807, 2.05) is 0 Å². The molecule has 2 heteroatoms. The summed E-state index contributed by atoms with van der Waals surface area (Å²) in [7, 11) is 0. The SMILES string of the molecule is CC[C@H](CC[C@@H](C)[C@H]1CC[C@H]2[C@@H]3[C@H](O)C=C4C[C@@H](O)CC[C@]4(C)[C@H]3CC[C@]12C)C(C)C. The van der Waals surface area contributed by atoms with Crippen molar-refractivity contribution in [3.05, 3.63) is 11.6 Å². The summed E-state index contributed by atoms with van der Waals surface area (Å²) in [5, 5.41) is 21.6. The van der Waals surface area contributed by atoms with Gasteiger partial charge in [-0.2, -0.15) is 0 Å². The minimum atomic E-state index is -0.303. The van der Waals surface area contributed by atoms with E-state index in [0.717, 1.165) is 42.9 Å². The molecule has 3 fully saturated rings. The first-order valence-electron chi connectivity index (χ1n) is 13.7. The van der Waals surface area contributed by atoms with Crippen LogP contribution >= 0.6 is 0 Å². The first-order chi connectivity index (χ1) is 14.6. The molecule has 0 aliphatic heterocycles. The second kappa shape index (κ2) is 8.79. The summed E-state index contributed by atoms with van der Waals surface area (Å²) in [6, 6.07) is 0. The second-order valence-corrected chi connectivity index (χ2v) is 13.0. The van der Waals surface area contributed by atoms with Crippen LogP contribution < -0.4 is 0 Å². The molecule has 0 spiro atoms. The van der Waals surface area contributed by atoms with E-state index in [0.29, 0.717) is 23.2 Å². The van der Waals surface area contributed by atoms with Gasteiger partial charge < -0.3 is 10.2 Å². The molecular formula is C29H50O2. The van der Waals surface area contributed by atoms with Gasteiger partial charge in [0.05, 0.1) is 12.2 Å². The molecule has 0 bridgehead atoms. The Morgan fingerprint density at radius 2 is 1.71 bits per heavy atom. The van der Waals surface area contributed by atoms with Crippen LogP contribution in [0.1, 0.15) is 106 Å². The average Bonchev–Trinajstić information content (AvgIpc) is 3.06. The number of hydrogen-bond donors (Lipinski definition) is 2. The molecule has 0 unspecified atom stereocenters. The minimum Gasteiger partial charge on any atom is -0.393 e. The van der Waals surface area contributed by atoms with Gasteiger partial charge in [-0.3, -0.25) is 0 Å². The summed E-state index contributed by atoms with van der Waals surface area (Å²) < 4.78 is 0. The maximum absolute atomic E-state index is 11.3. The highest BCUT2D eigenvalue weighted by atomic mass is 16.3. The van der Waals surface area contributed by atoms with Gasteiger partial charge in [0.1, 0.15) is 0 Å². The smallest absolute Gasteiger partial charge is 0.0757 e. The van der Waals surface area contributed by atoms with Crippen LogP contribution in [0.4, 0.5) is 0 Å². The monoisotopic (exact) mass is 430 g/mol. The van der Waals surface area contributed by atoms with Crippen molar-refractivity contribution in [2.24, 2.45) is 52.3 Å². The molecule has 10 atom stereocenters. The third-order valence-corrected chi connectivity index (χ3v) is 11.3. The van der Waals surface area contributed by atoms with Gasteiger partial charge in [-0.25, -0.2) is 0 Å². The predicted molar refractivity (Wildman–Crippen MR) is 130 cm³/mol. The average molecular weight is 431 g/mol. The van der Waals surface area contributed by atoms with E-state index >= 15 is 0 Å². The van der Waals surface area contributed by atoms with Crippen molar-refractivity contribution in [2.45, 2.75) is 118 Å². The summed E-state index contributed by atoms with van der Waals surface area (Å²) in [5.74, 6) is 4.99. The fraction of sp³-hybridized carbons (Fsp3) is 0.931. The summed E-state index contributed by atoms with van der Waals surface area (Å²) >= 11 is 0. The Labute approximate surface area is 192 Å². The molecule has 4 rings (SSSR count). The highest BCUT2D eigenvalue weighted by Gasteiger charge is 2.61. The van der Waals surface area contributed by atoms with Crippen LogP contribution in [-0.4, -0.2) is 22.4 Å². The van der Waals surface area contributed by atoms with Gasteiger partial charge in [0.15, 0.2) is 0 Å². The van der Waals surface area contributed by atoms with Crippen molar-refractivity contribution in [3.8, 4) is 0 Å². The molecule has 0 saturated heterocycles. The van der Waals surface area contributed by atoms with E-state index in [1.54, 1.807) is 0 Å². The molecule has 0 aromatic heterocycles. The molecule has 0 radical (unpaired) electrons. The quantitative estimate of drug-likeness (QED) is 0.446. The van der Waals surface area contributed by atoms with Crippen molar-refractivity contribution < 1.29 is 10.2 Å². The number of rotatable bonds is 6. The molecule has 3 saturated carbocycles. The number of hydrogen-bond acceptors (Lipinski definition) is 2. The third-order valence-electron chi connectivity index (χ3n) is 11.3. The van der Waals surface area contributed by atoms with Gasteiger partial charge in [-0.05, 0) is 104 Å². The van der Waals surface area contributed by atoms with Gasteiger partial charge in [-0.15, -0.1) is 0 Å². The lowest BCUT2D eigenvalue weighted by Crippen LogP contribution is -2.54. The van der Waals surface area contributed by atoms with Gasteiger partial charge in [0.2, 0.25) is 0 Å². The van der Waals surface area contributed by atoms with Crippen LogP contribution in [0, 0.1) is 52.3 Å². The van der Waals surface area contributed by atoms with Gasteiger partial charge in [0.25, 0.3) is 0 Å². The standard InChI is InChI=1S/C29H50O2/c1-7-20(18(2)3)9-8-19(4)23-10-11-24-27-25(13-15-29(23,24)6)28(5)14-12-22(30)16-21(28)17-26(27)31/h17-20,22-27,30-31H,7-16H2,1-6H3/t19-,20-,22+,23-,24+,25+,26-,27+,28+,29-/m1/s1. The van der Waals surface area contributed by atoms with E-state index < -0.39 is 0 Å². The van der Waals surface area contributed by atoms with Crippen molar-refractivity contribution in [1.82, 2.24) is 0 Å². The number of aliphatic hydroxyl groups excluding tert-OH is 2. The highest BCUT2D eigenvalue weighted by molar-refractivity contribution is 5.27. The van der Waals surface area contributed by atoms with Crippen molar-refractivity contribution >= 4 is 0 Å². The Morgan fingerprint density at radius 3 is 2.39 bits per heavy atom. The highest BCUT2D eigenvalue weighted by Crippen LogP contribution is 2.67. The van der Waals surface area contributed by atoms with E-state index in [1.165, 1.54) is 50.5 Å². The zero-order valence-corrected chi connectivity index (χ0v) is 21.2. The van der Waals surface area contributed by atoms with Crippen molar-refractivity contribution in [3.63, 3.8) is 0 Å². The first-order valence-corrected chi connectivity index (χ1v) is 13.7. The van der Waals surface area contributed by atoms with Crippen molar-refractivity contribution in [1.29, 1.82) is 0 Å². The molecule has 0 heterocycles. The maximum Gasteiger partial charge on any atom is 0.0757 e. The molecule has 0 aromatic rings. The van der Waals surface area contributed by atoms with E-state index in [4.69, 9.17) is 0 Å². The summed E-state index contributed by atoms with van der Waals surface area (Å²) in [6.45, 7) is 14.7. The third kappa shape index (κ3) is 3.96. The van der Waals surface area contributed by atoms with E-state index in [-0.39, 0.29) is 17.6 Å². The van der Waals surface area contributed by atoms with Crippen LogP contribution in [0.2, 0.25) is 0 Å². The fourth-order valence-electron chi connectivity index (χ4n) is 9.29. The second-order valence-electron chi connectivity index (χ2n) is 13.0. The molecular weight excluding hydrogens is 380 g/mol. The van der Waals surface area contributed by atoms with E-state index in [2.05, 4.69) is 47.6 Å². The summed E-state index contributed by atoms with van der Waals surface area (Å²) in [6.07, 6.45) is 13.9. The molecule has 0 aromatic carbocycles. The fourth-order valence-corrected chi connectivity index (χ4v) is 9.29. The normalized spacial score (nSPS) is 46.7. The number of aliphatic hydroxyl groups is 2. The largest absolute Gasteiger partial charge is 0.393 e. The predicted octanol–water partition coefficient (Wildman–Crippen LogP) is 7.00. The van der Waals surface area contributed by atoms with Crippen molar-refractivity contribution in [2.75, 3.05) is 0 Å². The molecule has 31 heavy (non-hydrogen) atoms. The Kier molecular flexibility index (Phi) is 6.75.